The number of carbonyl (C=O) groups is 2. The average Bonchev–Trinajstić information content (AvgIpc) is 2.82. The number of fused-ring (bicyclic) bond motifs is 2. The Balaban J connectivity index is 1.96. The monoisotopic (exact) mass is 468 g/mol. The molecule has 0 bridgehead atoms. The average molecular weight is 469 g/mol. The summed E-state index contributed by atoms with van der Waals surface area (Å²) in [5.74, 6) is -0.230. The normalized spacial score (nSPS) is 10.8. The zero-order chi connectivity index (χ0) is 24.4. The van der Waals surface area contributed by atoms with E-state index in [1.165, 1.54) is 5.56 Å². The Morgan fingerprint density at radius 1 is 0.676 bits per heavy atom. The van der Waals surface area contributed by atoms with Crippen LogP contribution in [-0.4, -0.2) is 11.9 Å². The number of rotatable bonds is 6. The lowest BCUT2D eigenvalue weighted by Crippen LogP contribution is -2.11. The predicted octanol–water partition coefficient (Wildman–Crippen LogP) is 7.42. The van der Waals surface area contributed by atoms with Crippen LogP contribution in [0.5, 0.6) is 11.5 Å². The van der Waals surface area contributed by atoms with E-state index in [-0.39, 0.29) is 0 Å². The summed E-state index contributed by atoms with van der Waals surface area (Å²) in [6.07, 6.45) is 0. The molecule has 0 heterocycles. The molecule has 4 aromatic carbocycles. The molecular formula is C29H24O4S. The van der Waals surface area contributed by atoms with Gasteiger partial charge >= 0.3 is 11.9 Å². The maximum atomic E-state index is 12.5. The highest BCUT2D eigenvalue weighted by Gasteiger charge is 2.21. The van der Waals surface area contributed by atoms with Crippen molar-refractivity contribution < 1.29 is 19.1 Å². The summed E-state index contributed by atoms with van der Waals surface area (Å²) in [5.41, 5.74) is 1.77. The third-order valence-electron chi connectivity index (χ3n) is 5.24. The zero-order valence-corrected chi connectivity index (χ0v) is 20.1. The topological polar surface area (TPSA) is 52.6 Å². The fourth-order valence-corrected chi connectivity index (χ4v) is 4.32. The highest BCUT2D eigenvalue weighted by atomic mass is 32.2. The van der Waals surface area contributed by atoms with Crippen molar-refractivity contribution in [2.24, 2.45) is 0 Å². The fourth-order valence-electron chi connectivity index (χ4n) is 3.46. The van der Waals surface area contributed by atoms with Gasteiger partial charge in [-0.15, -0.1) is 0 Å². The summed E-state index contributed by atoms with van der Waals surface area (Å²) in [6.45, 7) is 12.7. The van der Waals surface area contributed by atoms with E-state index in [9.17, 15) is 9.59 Å². The highest BCUT2D eigenvalue weighted by molar-refractivity contribution is 7.99. The van der Waals surface area contributed by atoms with Gasteiger partial charge in [0.05, 0.1) is 0 Å². The molecule has 170 valence electrons. The maximum absolute atomic E-state index is 12.5. The van der Waals surface area contributed by atoms with Crippen LogP contribution in [0.25, 0.3) is 21.5 Å². The minimum Gasteiger partial charge on any atom is -0.422 e. The van der Waals surface area contributed by atoms with Gasteiger partial charge in [0.15, 0.2) is 0 Å². The molecule has 0 saturated carbocycles. The zero-order valence-electron chi connectivity index (χ0n) is 19.3. The third-order valence-corrected chi connectivity index (χ3v) is 6.24. The Labute approximate surface area is 202 Å². The SMILES string of the molecule is C=C(C)C(=O)Oc1c2ccccc2c(OC(=O)C(=C)C)c2cc(Sc3ccc(C)cc3)ccc12. The van der Waals surface area contributed by atoms with Gasteiger partial charge in [0.1, 0.15) is 11.5 Å². The van der Waals surface area contributed by atoms with E-state index in [1.807, 2.05) is 49.4 Å². The molecule has 0 unspecified atom stereocenters. The number of hydrogen-bond acceptors (Lipinski definition) is 5. The van der Waals surface area contributed by atoms with Crippen molar-refractivity contribution in [1.29, 1.82) is 0 Å². The van der Waals surface area contributed by atoms with Crippen molar-refractivity contribution in [3.8, 4) is 11.5 Å². The van der Waals surface area contributed by atoms with Crippen LogP contribution in [0, 0.1) is 6.92 Å². The lowest BCUT2D eigenvalue weighted by molar-refractivity contribution is -0.130. The first-order valence-corrected chi connectivity index (χ1v) is 11.5. The third kappa shape index (κ3) is 4.75. The molecule has 0 aromatic heterocycles. The molecule has 0 atom stereocenters. The van der Waals surface area contributed by atoms with Crippen molar-refractivity contribution in [3.05, 3.63) is 96.6 Å². The number of ether oxygens (including phenoxy) is 2. The number of esters is 2. The van der Waals surface area contributed by atoms with Crippen LogP contribution in [0.15, 0.2) is 101 Å². The second kappa shape index (κ2) is 9.57. The predicted molar refractivity (Wildman–Crippen MR) is 138 cm³/mol. The molecule has 34 heavy (non-hydrogen) atoms. The van der Waals surface area contributed by atoms with Crippen LogP contribution in [0.3, 0.4) is 0 Å². The summed E-state index contributed by atoms with van der Waals surface area (Å²) in [7, 11) is 0. The van der Waals surface area contributed by atoms with Crippen molar-refractivity contribution in [2.75, 3.05) is 0 Å². The second-order valence-electron chi connectivity index (χ2n) is 8.17. The molecule has 0 aliphatic heterocycles. The number of benzene rings is 4. The Bertz CT molecular complexity index is 1470. The van der Waals surface area contributed by atoms with Crippen LogP contribution in [0.4, 0.5) is 0 Å². The van der Waals surface area contributed by atoms with Crippen LogP contribution >= 0.6 is 11.8 Å². The lowest BCUT2D eigenvalue weighted by atomic mass is 10.0. The smallest absolute Gasteiger partial charge is 0.338 e. The first-order valence-electron chi connectivity index (χ1n) is 10.7. The van der Waals surface area contributed by atoms with Crippen molar-refractivity contribution in [1.82, 2.24) is 0 Å². The Morgan fingerprint density at radius 2 is 1.15 bits per heavy atom. The van der Waals surface area contributed by atoms with Gasteiger partial charge < -0.3 is 9.47 Å². The van der Waals surface area contributed by atoms with E-state index in [0.29, 0.717) is 44.2 Å². The number of hydrogen-bond donors (Lipinski definition) is 0. The molecule has 0 spiro atoms. The highest BCUT2D eigenvalue weighted by Crippen LogP contribution is 2.45. The summed E-state index contributed by atoms with van der Waals surface area (Å²) in [5, 5.41) is 2.64. The van der Waals surface area contributed by atoms with Crippen LogP contribution in [0.2, 0.25) is 0 Å². The minimum absolute atomic E-state index is 0.292. The molecule has 0 N–H and O–H groups in total. The molecule has 4 aromatic rings. The molecule has 0 amide bonds. The molecule has 0 radical (unpaired) electrons. The van der Waals surface area contributed by atoms with Gasteiger partial charge in [-0.2, -0.15) is 0 Å². The largest absolute Gasteiger partial charge is 0.422 e. The quantitative estimate of drug-likeness (QED) is 0.128. The molecule has 0 aliphatic carbocycles. The van der Waals surface area contributed by atoms with E-state index < -0.39 is 11.9 Å². The number of aryl methyl sites for hydroxylation is 1. The summed E-state index contributed by atoms with van der Waals surface area (Å²) < 4.78 is 11.6. The van der Waals surface area contributed by atoms with E-state index in [2.05, 4.69) is 37.4 Å². The lowest BCUT2D eigenvalue weighted by Gasteiger charge is -2.17. The van der Waals surface area contributed by atoms with Gasteiger partial charge in [0.2, 0.25) is 0 Å². The Kier molecular flexibility index (Phi) is 6.57. The van der Waals surface area contributed by atoms with Crippen LogP contribution in [0.1, 0.15) is 19.4 Å². The van der Waals surface area contributed by atoms with Crippen LogP contribution in [-0.2, 0) is 9.59 Å². The Morgan fingerprint density at radius 3 is 1.68 bits per heavy atom. The fraction of sp³-hybridized carbons (Fsp3) is 0.103. The van der Waals surface area contributed by atoms with Gasteiger partial charge in [-0.05, 0) is 51.1 Å². The Hall–Kier alpha value is -3.83. The van der Waals surface area contributed by atoms with E-state index in [4.69, 9.17) is 9.47 Å². The summed E-state index contributed by atoms with van der Waals surface area (Å²) in [4.78, 5) is 27.0. The van der Waals surface area contributed by atoms with Crippen molar-refractivity contribution >= 4 is 45.2 Å². The summed E-state index contributed by atoms with van der Waals surface area (Å²) in [6, 6.07) is 21.4. The molecule has 0 saturated heterocycles. The van der Waals surface area contributed by atoms with E-state index in [1.54, 1.807) is 25.6 Å². The van der Waals surface area contributed by atoms with Gasteiger partial charge in [0.25, 0.3) is 0 Å². The number of carbonyl (C=O) groups excluding carboxylic acids is 2. The van der Waals surface area contributed by atoms with Gasteiger partial charge in [-0.25, -0.2) is 9.59 Å². The van der Waals surface area contributed by atoms with Crippen molar-refractivity contribution in [3.63, 3.8) is 0 Å². The van der Waals surface area contributed by atoms with E-state index in [0.717, 1.165) is 9.79 Å². The van der Waals surface area contributed by atoms with Gasteiger partial charge in [-0.1, -0.05) is 66.9 Å². The van der Waals surface area contributed by atoms with Gasteiger partial charge in [0, 0.05) is 42.5 Å². The molecule has 0 aliphatic rings. The summed E-state index contributed by atoms with van der Waals surface area (Å²) >= 11 is 1.60. The molecule has 4 rings (SSSR count). The molecule has 5 heteroatoms. The second-order valence-corrected chi connectivity index (χ2v) is 9.31. The molecular weight excluding hydrogens is 444 g/mol. The first-order chi connectivity index (χ1) is 16.2. The maximum Gasteiger partial charge on any atom is 0.338 e. The van der Waals surface area contributed by atoms with E-state index >= 15 is 0 Å². The molecule has 0 fully saturated rings. The van der Waals surface area contributed by atoms with Crippen LogP contribution < -0.4 is 9.47 Å². The first kappa shape index (κ1) is 23.3. The standard InChI is InChI=1S/C29H24O4S/c1-17(2)28(30)32-26-22-8-6-7-9-23(22)27(33-29(31)18(3)4)25-16-21(14-15-24(25)26)34-20-12-10-19(5)11-13-20/h6-16H,1,3H2,2,4-5H3. The van der Waals surface area contributed by atoms with Crippen molar-refractivity contribution in [2.45, 2.75) is 30.6 Å². The van der Waals surface area contributed by atoms with Gasteiger partial charge in [-0.3, -0.25) is 0 Å². The molecule has 4 nitrogen and oxygen atoms in total. The minimum atomic E-state index is -0.519.